The van der Waals surface area contributed by atoms with Crippen molar-refractivity contribution < 1.29 is 9.59 Å². The van der Waals surface area contributed by atoms with E-state index in [9.17, 15) is 9.59 Å². The summed E-state index contributed by atoms with van der Waals surface area (Å²) in [4.78, 5) is 27.3. The smallest absolute Gasteiger partial charge is 0.321 e. The Bertz CT molecular complexity index is 1080. The lowest BCUT2D eigenvalue weighted by Gasteiger charge is -2.33. The van der Waals surface area contributed by atoms with Crippen molar-refractivity contribution in [2.24, 2.45) is 0 Å². The molecule has 164 valence electrons. The number of hydrogen-bond donors (Lipinski definition) is 2. The lowest BCUT2D eigenvalue weighted by Crippen LogP contribution is -2.41. The van der Waals surface area contributed by atoms with Crippen molar-refractivity contribution >= 4 is 17.6 Å². The molecule has 0 saturated carbocycles. The fraction of sp³-hybridized carbons (Fsp3) is 0.259. The summed E-state index contributed by atoms with van der Waals surface area (Å²) in [6.45, 7) is 3.93. The number of para-hydroxylation sites is 1. The number of benzene rings is 3. The summed E-state index contributed by atoms with van der Waals surface area (Å²) in [5, 5.41) is 5.99. The van der Waals surface area contributed by atoms with Gasteiger partial charge in [-0.3, -0.25) is 4.79 Å². The molecule has 5 nitrogen and oxygen atoms in total. The highest BCUT2D eigenvalue weighted by Gasteiger charge is 2.25. The van der Waals surface area contributed by atoms with Gasteiger partial charge in [0.25, 0.3) is 5.91 Å². The van der Waals surface area contributed by atoms with Gasteiger partial charge in [-0.15, -0.1) is 0 Å². The molecule has 0 aliphatic carbocycles. The van der Waals surface area contributed by atoms with E-state index in [0.29, 0.717) is 18.7 Å². The minimum atomic E-state index is -0.0807. The highest BCUT2D eigenvalue weighted by atomic mass is 16.2. The maximum Gasteiger partial charge on any atom is 0.321 e. The van der Waals surface area contributed by atoms with Crippen LogP contribution >= 0.6 is 0 Å². The number of aryl methyl sites for hydroxylation is 1. The molecule has 3 aromatic carbocycles. The average molecular weight is 428 g/mol. The van der Waals surface area contributed by atoms with Crippen LogP contribution in [0.2, 0.25) is 0 Å². The first kappa shape index (κ1) is 21.6. The van der Waals surface area contributed by atoms with Gasteiger partial charge < -0.3 is 15.5 Å². The standard InChI is InChI=1S/C27H29N3O2/c1-20-8-5-9-21(16-20)18-28-26(31)23-11-6-10-22(17-23)24-12-7-15-30(19-24)27(32)29-25-13-3-2-4-14-25/h2-6,8-11,13-14,16-17,24H,7,12,15,18-19H2,1H3,(H,28,31)(H,29,32). The number of nitrogens with zero attached hydrogens (tertiary/aromatic N) is 1. The molecule has 1 atom stereocenters. The Kier molecular flexibility index (Phi) is 6.85. The quantitative estimate of drug-likeness (QED) is 0.578. The molecule has 3 amide bonds. The first-order chi connectivity index (χ1) is 15.6. The zero-order chi connectivity index (χ0) is 22.3. The Morgan fingerprint density at radius 1 is 0.969 bits per heavy atom. The second-order valence-electron chi connectivity index (χ2n) is 8.38. The van der Waals surface area contributed by atoms with Crippen LogP contribution in [-0.4, -0.2) is 29.9 Å². The second-order valence-corrected chi connectivity index (χ2v) is 8.38. The van der Waals surface area contributed by atoms with Crippen molar-refractivity contribution in [1.82, 2.24) is 10.2 Å². The Morgan fingerprint density at radius 2 is 1.78 bits per heavy atom. The lowest BCUT2D eigenvalue weighted by atomic mass is 9.89. The van der Waals surface area contributed by atoms with Crippen LogP contribution in [-0.2, 0) is 6.54 Å². The van der Waals surface area contributed by atoms with E-state index in [1.807, 2.05) is 78.6 Å². The fourth-order valence-electron chi connectivity index (χ4n) is 4.20. The molecular weight excluding hydrogens is 398 g/mol. The fourth-order valence-corrected chi connectivity index (χ4v) is 4.20. The molecular formula is C27H29N3O2. The number of urea groups is 1. The zero-order valence-corrected chi connectivity index (χ0v) is 18.4. The summed E-state index contributed by atoms with van der Waals surface area (Å²) >= 11 is 0. The Hall–Kier alpha value is -3.60. The highest BCUT2D eigenvalue weighted by Crippen LogP contribution is 2.28. The van der Waals surface area contributed by atoms with Crippen molar-refractivity contribution in [2.45, 2.75) is 32.2 Å². The van der Waals surface area contributed by atoms with Gasteiger partial charge in [0.1, 0.15) is 0 Å². The summed E-state index contributed by atoms with van der Waals surface area (Å²) < 4.78 is 0. The van der Waals surface area contributed by atoms with E-state index < -0.39 is 0 Å². The minimum Gasteiger partial charge on any atom is -0.348 e. The van der Waals surface area contributed by atoms with Gasteiger partial charge in [0.05, 0.1) is 0 Å². The highest BCUT2D eigenvalue weighted by molar-refractivity contribution is 5.94. The number of carbonyl (C=O) groups is 2. The van der Waals surface area contributed by atoms with E-state index in [0.717, 1.165) is 36.2 Å². The number of amides is 3. The van der Waals surface area contributed by atoms with Crippen LogP contribution in [0.25, 0.3) is 0 Å². The van der Waals surface area contributed by atoms with Crippen molar-refractivity contribution in [1.29, 1.82) is 0 Å². The number of anilines is 1. The topological polar surface area (TPSA) is 61.4 Å². The van der Waals surface area contributed by atoms with Crippen molar-refractivity contribution in [3.05, 3.63) is 101 Å². The second kappa shape index (κ2) is 10.1. The average Bonchev–Trinajstić information content (AvgIpc) is 2.83. The van der Waals surface area contributed by atoms with Crippen LogP contribution in [0.5, 0.6) is 0 Å². The van der Waals surface area contributed by atoms with Gasteiger partial charge in [-0.25, -0.2) is 4.79 Å². The summed E-state index contributed by atoms with van der Waals surface area (Å²) in [7, 11) is 0. The predicted molar refractivity (Wildman–Crippen MR) is 128 cm³/mol. The number of likely N-dealkylation sites (tertiary alicyclic amines) is 1. The Morgan fingerprint density at radius 3 is 2.59 bits per heavy atom. The van der Waals surface area contributed by atoms with Crippen molar-refractivity contribution in [3.63, 3.8) is 0 Å². The van der Waals surface area contributed by atoms with E-state index in [1.165, 1.54) is 5.56 Å². The molecule has 1 aliphatic heterocycles. The van der Waals surface area contributed by atoms with Crippen molar-refractivity contribution in [2.75, 3.05) is 18.4 Å². The summed E-state index contributed by atoms with van der Waals surface area (Å²) in [6.07, 6.45) is 1.94. The SMILES string of the molecule is Cc1cccc(CNC(=O)c2cccc(C3CCCN(C(=O)Nc4ccccc4)C3)c2)c1. The molecule has 0 spiro atoms. The first-order valence-electron chi connectivity index (χ1n) is 11.1. The van der Waals surface area contributed by atoms with Gasteiger partial charge >= 0.3 is 6.03 Å². The number of hydrogen-bond acceptors (Lipinski definition) is 2. The van der Waals surface area contributed by atoms with Crippen molar-refractivity contribution in [3.8, 4) is 0 Å². The molecule has 2 N–H and O–H groups in total. The number of rotatable bonds is 5. The molecule has 1 saturated heterocycles. The predicted octanol–water partition coefficient (Wildman–Crippen LogP) is 5.34. The third-order valence-electron chi connectivity index (χ3n) is 5.89. The van der Waals surface area contributed by atoms with E-state index in [4.69, 9.17) is 0 Å². The van der Waals surface area contributed by atoms with Crippen LogP contribution < -0.4 is 10.6 Å². The Balaban J connectivity index is 1.38. The molecule has 1 aliphatic rings. The van der Waals surface area contributed by atoms with Crippen LogP contribution in [0, 0.1) is 6.92 Å². The Labute approximate surface area is 189 Å². The molecule has 0 bridgehead atoms. The third-order valence-corrected chi connectivity index (χ3v) is 5.89. The maximum atomic E-state index is 12.7. The number of carbonyl (C=O) groups excluding carboxylic acids is 2. The van der Waals surface area contributed by atoms with Gasteiger partial charge in [0.15, 0.2) is 0 Å². The van der Waals surface area contributed by atoms with E-state index in [1.54, 1.807) is 0 Å². The molecule has 3 aromatic rings. The summed E-state index contributed by atoms with van der Waals surface area (Å²) in [5.41, 5.74) is 4.82. The van der Waals surface area contributed by atoms with Gasteiger partial charge in [-0.05, 0) is 55.2 Å². The first-order valence-corrected chi connectivity index (χ1v) is 11.1. The van der Waals surface area contributed by atoms with Gasteiger partial charge in [-0.2, -0.15) is 0 Å². The maximum absolute atomic E-state index is 12.7. The van der Waals surface area contributed by atoms with E-state index in [-0.39, 0.29) is 17.9 Å². The van der Waals surface area contributed by atoms with Gasteiger partial charge in [-0.1, -0.05) is 60.2 Å². The normalized spacial score (nSPS) is 15.8. The monoisotopic (exact) mass is 427 g/mol. The molecule has 32 heavy (non-hydrogen) atoms. The lowest BCUT2D eigenvalue weighted by molar-refractivity contribution is 0.0950. The van der Waals surface area contributed by atoms with Crippen LogP contribution in [0.1, 0.15) is 45.8 Å². The molecule has 0 radical (unpaired) electrons. The van der Waals surface area contributed by atoms with Crippen LogP contribution in [0.4, 0.5) is 10.5 Å². The van der Waals surface area contributed by atoms with Gasteiger partial charge in [0.2, 0.25) is 0 Å². The number of piperidine rings is 1. The molecule has 1 heterocycles. The third kappa shape index (κ3) is 5.55. The summed E-state index contributed by atoms with van der Waals surface area (Å²) in [5.74, 6) is 0.137. The molecule has 1 unspecified atom stereocenters. The largest absolute Gasteiger partial charge is 0.348 e. The minimum absolute atomic E-state index is 0.0760. The number of nitrogens with one attached hydrogen (secondary N) is 2. The van der Waals surface area contributed by atoms with Crippen LogP contribution in [0.3, 0.4) is 0 Å². The van der Waals surface area contributed by atoms with E-state index >= 15 is 0 Å². The molecule has 5 heteroatoms. The summed E-state index contributed by atoms with van der Waals surface area (Å²) in [6, 6.07) is 25.4. The van der Waals surface area contributed by atoms with Gasteiger partial charge in [0, 0.05) is 36.8 Å². The van der Waals surface area contributed by atoms with Crippen LogP contribution in [0.15, 0.2) is 78.9 Å². The van der Waals surface area contributed by atoms with E-state index in [2.05, 4.69) is 22.8 Å². The molecule has 1 fully saturated rings. The zero-order valence-electron chi connectivity index (χ0n) is 18.4. The molecule has 0 aromatic heterocycles. The molecule has 4 rings (SSSR count).